The summed E-state index contributed by atoms with van der Waals surface area (Å²) < 4.78 is 1.78. The summed E-state index contributed by atoms with van der Waals surface area (Å²) in [6.07, 6.45) is 4.06. The lowest BCUT2D eigenvalue weighted by Crippen LogP contribution is -2.14. The van der Waals surface area contributed by atoms with E-state index in [1.165, 1.54) is 0 Å². The number of aryl methyl sites for hydroxylation is 1. The molecule has 0 N–H and O–H groups in total. The fourth-order valence-electron chi connectivity index (χ4n) is 2.95. The number of hydrogen-bond donors (Lipinski definition) is 0. The van der Waals surface area contributed by atoms with Crippen molar-refractivity contribution in [3.05, 3.63) is 47.4 Å². The second-order valence-corrected chi connectivity index (χ2v) is 5.31. The van der Waals surface area contributed by atoms with Crippen molar-refractivity contribution >= 4 is 16.8 Å². The third-order valence-electron chi connectivity index (χ3n) is 3.91. The van der Waals surface area contributed by atoms with Crippen molar-refractivity contribution in [3.8, 4) is 5.82 Å². The van der Waals surface area contributed by atoms with E-state index in [1.54, 1.807) is 10.9 Å². The quantitative estimate of drug-likeness (QED) is 0.686. The number of carbonyl (C=O) groups excluding carboxylic acids is 1. The summed E-state index contributed by atoms with van der Waals surface area (Å²) in [4.78, 5) is 21.1. The summed E-state index contributed by atoms with van der Waals surface area (Å²) in [5.41, 5.74) is 4.21. The highest BCUT2D eigenvalue weighted by Crippen LogP contribution is 2.26. The standard InChI is InChI=1S/C16H14N4O/c1-10-16-13(7-4-8-14(16)21)20(19-10)15-9-17-11-5-2-3-6-12(11)18-15/h2-3,5-6,9H,4,7-8H2,1H3. The molecule has 1 aromatic carbocycles. The first-order valence-electron chi connectivity index (χ1n) is 7.08. The Labute approximate surface area is 121 Å². The Hall–Kier alpha value is -2.56. The van der Waals surface area contributed by atoms with Gasteiger partial charge < -0.3 is 0 Å². The Morgan fingerprint density at radius 3 is 2.81 bits per heavy atom. The van der Waals surface area contributed by atoms with Gasteiger partial charge in [0.15, 0.2) is 11.6 Å². The summed E-state index contributed by atoms with van der Waals surface area (Å²) in [5, 5.41) is 4.51. The molecule has 1 aliphatic carbocycles. The second kappa shape index (κ2) is 4.48. The van der Waals surface area contributed by atoms with Crippen molar-refractivity contribution in [1.82, 2.24) is 19.7 Å². The first kappa shape index (κ1) is 12.2. The van der Waals surface area contributed by atoms with Crippen molar-refractivity contribution in [3.63, 3.8) is 0 Å². The van der Waals surface area contributed by atoms with Gasteiger partial charge in [-0.05, 0) is 31.9 Å². The normalized spacial score (nSPS) is 14.4. The summed E-state index contributed by atoms with van der Waals surface area (Å²) >= 11 is 0. The first-order chi connectivity index (χ1) is 10.2. The van der Waals surface area contributed by atoms with Crippen molar-refractivity contribution < 1.29 is 4.79 Å². The minimum Gasteiger partial charge on any atom is -0.294 e. The molecule has 5 nitrogen and oxygen atoms in total. The molecule has 0 saturated heterocycles. The zero-order chi connectivity index (χ0) is 14.4. The predicted molar refractivity (Wildman–Crippen MR) is 78.7 cm³/mol. The molecule has 0 saturated carbocycles. The third kappa shape index (κ3) is 1.85. The van der Waals surface area contributed by atoms with Crippen LogP contribution in [0.5, 0.6) is 0 Å². The smallest absolute Gasteiger partial charge is 0.172 e. The minimum absolute atomic E-state index is 0.189. The number of ketones is 1. The van der Waals surface area contributed by atoms with E-state index < -0.39 is 0 Å². The zero-order valence-electron chi connectivity index (χ0n) is 11.7. The van der Waals surface area contributed by atoms with E-state index in [2.05, 4.69) is 15.1 Å². The molecule has 2 heterocycles. The van der Waals surface area contributed by atoms with Gasteiger partial charge in [-0.3, -0.25) is 9.78 Å². The van der Waals surface area contributed by atoms with Crippen LogP contribution in [0.1, 0.15) is 34.6 Å². The van der Waals surface area contributed by atoms with Gasteiger partial charge in [-0.1, -0.05) is 12.1 Å². The van der Waals surface area contributed by atoms with Crippen molar-refractivity contribution in [2.75, 3.05) is 0 Å². The molecule has 0 amide bonds. The number of Topliss-reactive ketones (excluding diaryl/α,β-unsaturated/α-hetero) is 1. The van der Waals surface area contributed by atoms with Crippen LogP contribution < -0.4 is 0 Å². The van der Waals surface area contributed by atoms with E-state index in [0.29, 0.717) is 12.2 Å². The topological polar surface area (TPSA) is 60.7 Å². The van der Waals surface area contributed by atoms with Crippen LogP contribution in [0.3, 0.4) is 0 Å². The van der Waals surface area contributed by atoms with Crippen molar-refractivity contribution in [2.24, 2.45) is 0 Å². The van der Waals surface area contributed by atoms with Gasteiger partial charge in [0.2, 0.25) is 0 Å². The summed E-state index contributed by atoms with van der Waals surface area (Å²) in [6, 6.07) is 7.74. The predicted octanol–water partition coefficient (Wildman–Crippen LogP) is 2.64. The van der Waals surface area contributed by atoms with Gasteiger partial charge in [0, 0.05) is 6.42 Å². The molecule has 0 bridgehead atoms. The van der Waals surface area contributed by atoms with E-state index in [9.17, 15) is 4.79 Å². The van der Waals surface area contributed by atoms with Crippen LogP contribution in [0.15, 0.2) is 30.5 Å². The number of nitrogens with zero attached hydrogens (tertiary/aromatic N) is 4. The molecule has 0 fully saturated rings. The minimum atomic E-state index is 0.189. The van der Waals surface area contributed by atoms with E-state index in [0.717, 1.165) is 40.8 Å². The zero-order valence-corrected chi connectivity index (χ0v) is 11.7. The Balaban J connectivity index is 1.93. The largest absolute Gasteiger partial charge is 0.294 e. The third-order valence-corrected chi connectivity index (χ3v) is 3.91. The van der Waals surface area contributed by atoms with Crippen LogP contribution in [-0.4, -0.2) is 25.5 Å². The molecule has 0 aliphatic heterocycles. The van der Waals surface area contributed by atoms with E-state index in [4.69, 9.17) is 0 Å². The lowest BCUT2D eigenvalue weighted by atomic mass is 9.95. The molecule has 2 aromatic heterocycles. The van der Waals surface area contributed by atoms with Gasteiger partial charge in [0.05, 0.1) is 34.2 Å². The molecule has 4 rings (SSSR count). The fourth-order valence-corrected chi connectivity index (χ4v) is 2.95. The first-order valence-corrected chi connectivity index (χ1v) is 7.08. The molecule has 0 spiro atoms. The molecular weight excluding hydrogens is 264 g/mol. The molecule has 0 radical (unpaired) electrons. The number of benzene rings is 1. The van der Waals surface area contributed by atoms with Crippen LogP contribution >= 0.6 is 0 Å². The highest BCUT2D eigenvalue weighted by Gasteiger charge is 2.26. The second-order valence-electron chi connectivity index (χ2n) is 5.31. The maximum Gasteiger partial charge on any atom is 0.172 e. The molecular formula is C16H14N4O. The highest BCUT2D eigenvalue weighted by molar-refractivity contribution is 5.99. The van der Waals surface area contributed by atoms with Crippen LogP contribution in [0.2, 0.25) is 0 Å². The lowest BCUT2D eigenvalue weighted by Gasteiger charge is -2.12. The molecule has 104 valence electrons. The molecule has 3 aromatic rings. The molecule has 0 unspecified atom stereocenters. The van der Waals surface area contributed by atoms with Crippen LogP contribution in [0, 0.1) is 6.92 Å². The maximum atomic E-state index is 12.1. The number of rotatable bonds is 1. The van der Waals surface area contributed by atoms with Crippen molar-refractivity contribution in [2.45, 2.75) is 26.2 Å². The summed E-state index contributed by atoms with van der Waals surface area (Å²) in [6.45, 7) is 1.88. The number of fused-ring (bicyclic) bond motifs is 2. The Kier molecular flexibility index (Phi) is 2.60. The van der Waals surface area contributed by atoms with Gasteiger partial charge >= 0.3 is 0 Å². The number of aromatic nitrogens is 4. The molecule has 0 atom stereocenters. The van der Waals surface area contributed by atoms with Crippen LogP contribution in [-0.2, 0) is 6.42 Å². The van der Waals surface area contributed by atoms with E-state index in [1.807, 2.05) is 31.2 Å². The summed E-state index contributed by atoms with van der Waals surface area (Å²) in [7, 11) is 0. The number of carbonyl (C=O) groups is 1. The van der Waals surface area contributed by atoms with Crippen molar-refractivity contribution in [1.29, 1.82) is 0 Å². The summed E-state index contributed by atoms with van der Waals surface area (Å²) in [5.74, 6) is 0.862. The average Bonchev–Trinajstić information content (AvgIpc) is 2.85. The van der Waals surface area contributed by atoms with Crippen LogP contribution in [0.4, 0.5) is 0 Å². The van der Waals surface area contributed by atoms with E-state index >= 15 is 0 Å². The number of hydrogen-bond acceptors (Lipinski definition) is 4. The molecule has 21 heavy (non-hydrogen) atoms. The Morgan fingerprint density at radius 1 is 1.14 bits per heavy atom. The highest BCUT2D eigenvalue weighted by atomic mass is 16.1. The van der Waals surface area contributed by atoms with Gasteiger partial charge in [0.25, 0.3) is 0 Å². The molecule has 5 heteroatoms. The van der Waals surface area contributed by atoms with E-state index in [-0.39, 0.29) is 5.78 Å². The van der Waals surface area contributed by atoms with Gasteiger partial charge in [-0.2, -0.15) is 5.10 Å². The maximum absolute atomic E-state index is 12.1. The molecule has 1 aliphatic rings. The SMILES string of the molecule is Cc1nn(-c2cnc3ccccc3n2)c2c1C(=O)CCC2. The fraction of sp³-hybridized carbons (Fsp3) is 0.250. The number of para-hydroxylation sites is 2. The lowest BCUT2D eigenvalue weighted by molar-refractivity contribution is 0.0971. The van der Waals surface area contributed by atoms with Gasteiger partial charge in [-0.25, -0.2) is 9.67 Å². The van der Waals surface area contributed by atoms with Gasteiger partial charge in [-0.15, -0.1) is 0 Å². The monoisotopic (exact) mass is 278 g/mol. The Morgan fingerprint density at radius 2 is 1.95 bits per heavy atom. The van der Waals surface area contributed by atoms with Crippen LogP contribution in [0.25, 0.3) is 16.9 Å². The van der Waals surface area contributed by atoms with Gasteiger partial charge in [0.1, 0.15) is 0 Å². The Bertz CT molecular complexity index is 866. The average molecular weight is 278 g/mol.